The maximum atomic E-state index is 14.0. The summed E-state index contributed by atoms with van der Waals surface area (Å²) >= 11 is 0. The fourth-order valence-corrected chi connectivity index (χ4v) is 4.58. The van der Waals surface area contributed by atoms with Crippen molar-refractivity contribution in [3.63, 3.8) is 0 Å². The molecule has 2 aromatic heterocycles. The Kier molecular flexibility index (Phi) is 4.49. The van der Waals surface area contributed by atoms with Gasteiger partial charge in [-0.2, -0.15) is 15.0 Å². The highest BCUT2D eigenvalue weighted by Gasteiger charge is 2.44. The molecule has 1 aromatic carbocycles. The number of rotatable bonds is 3. The summed E-state index contributed by atoms with van der Waals surface area (Å²) in [5.74, 6) is 0.876. The van der Waals surface area contributed by atoms with Gasteiger partial charge >= 0.3 is 0 Å². The monoisotopic (exact) mass is 406 g/mol. The Morgan fingerprint density at radius 1 is 1.10 bits per heavy atom. The topological polar surface area (TPSA) is 67.2 Å². The molecule has 2 aliphatic rings. The third-order valence-corrected chi connectivity index (χ3v) is 6.04. The van der Waals surface area contributed by atoms with Crippen molar-refractivity contribution in [2.45, 2.75) is 26.3 Å². The SMILES string of the molecule is Cc1cc(C)nc(N2CC3CCN(C(=O)c4cc(F)ccc4-n4nccn4)C[C@@H]32)c1. The van der Waals surface area contributed by atoms with Gasteiger partial charge in [0, 0.05) is 31.2 Å². The first-order valence-electron chi connectivity index (χ1n) is 10.2. The van der Waals surface area contributed by atoms with E-state index < -0.39 is 5.82 Å². The summed E-state index contributed by atoms with van der Waals surface area (Å²) in [6.45, 7) is 6.29. The van der Waals surface area contributed by atoms with Crippen LogP contribution >= 0.6 is 0 Å². The number of aromatic nitrogens is 4. The lowest BCUT2D eigenvalue weighted by Crippen LogP contribution is -2.65. The molecule has 0 bridgehead atoms. The zero-order valence-corrected chi connectivity index (χ0v) is 17.0. The number of likely N-dealkylation sites (tertiary alicyclic amines) is 1. The van der Waals surface area contributed by atoms with E-state index in [-0.39, 0.29) is 17.5 Å². The number of pyridine rings is 1. The predicted octanol–water partition coefficient (Wildman–Crippen LogP) is 2.77. The molecule has 30 heavy (non-hydrogen) atoms. The number of amides is 1. The minimum atomic E-state index is -0.450. The van der Waals surface area contributed by atoms with Crippen molar-refractivity contribution in [3.8, 4) is 5.69 Å². The molecule has 4 heterocycles. The molecular weight excluding hydrogens is 383 g/mol. The standard InChI is InChI=1S/C22H23FN6O/c1-14-9-15(2)26-21(10-14)28-12-16-5-8-27(13-20(16)28)22(30)18-11-17(23)3-4-19(18)29-24-6-7-25-29/h3-4,6-7,9-11,16,20H,5,8,12-13H2,1-2H3/t16?,20-/m0/s1. The van der Waals surface area contributed by atoms with E-state index in [2.05, 4.69) is 39.1 Å². The van der Waals surface area contributed by atoms with Crippen molar-refractivity contribution >= 4 is 11.7 Å². The summed E-state index contributed by atoms with van der Waals surface area (Å²) in [4.78, 5) is 23.5. The molecule has 1 unspecified atom stereocenters. The lowest BCUT2D eigenvalue weighted by molar-refractivity contribution is 0.0590. The fourth-order valence-electron chi connectivity index (χ4n) is 4.58. The quantitative estimate of drug-likeness (QED) is 0.669. The van der Waals surface area contributed by atoms with E-state index in [1.54, 1.807) is 6.07 Å². The number of carbonyl (C=O) groups excluding carboxylic acids is 1. The van der Waals surface area contributed by atoms with Gasteiger partial charge in [-0.1, -0.05) is 0 Å². The average Bonchev–Trinajstić information content (AvgIpc) is 3.22. The average molecular weight is 406 g/mol. The summed E-state index contributed by atoms with van der Waals surface area (Å²) in [6.07, 6.45) is 4.00. The maximum Gasteiger partial charge on any atom is 0.256 e. The molecule has 5 rings (SSSR count). The molecular formula is C22H23FN6O. The molecule has 0 radical (unpaired) electrons. The van der Waals surface area contributed by atoms with Crippen molar-refractivity contribution in [2.75, 3.05) is 24.5 Å². The molecule has 2 aliphatic heterocycles. The smallest absolute Gasteiger partial charge is 0.256 e. The number of nitrogens with zero attached hydrogens (tertiary/aromatic N) is 6. The summed E-state index contributed by atoms with van der Waals surface area (Å²) in [7, 11) is 0. The minimum absolute atomic E-state index is 0.194. The van der Waals surface area contributed by atoms with Crippen LogP contribution in [0.15, 0.2) is 42.7 Å². The van der Waals surface area contributed by atoms with Crippen LogP contribution in [0, 0.1) is 25.6 Å². The van der Waals surface area contributed by atoms with E-state index in [0.717, 1.165) is 24.5 Å². The Labute approximate surface area is 174 Å². The normalized spacial score (nSPS) is 20.6. The number of aryl methyl sites for hydroxylation is 2. The molecule has 2 atom stereocenters. The number of fused-ring (bicyclic) bond motifs is 1. The van der Waals surface area contributed by atoms with Crippen molar-refractivity contribution < 1.29 is 9.18 Å². The molecule has 0 aliphatic carbocycles. The number of benzene rings is 1. The van der Waals surface area contributed by atoms with Crippen LogP contribution < -0.4 is 4.90 Å². The highest BCUT2D eigenvalue weighted by Crippen LogP contribution is 2.36. The molecule has 2 fully saturated rings. The largest absolute Gasteiger partial charge is 0.351 e. The van der Waals surface area contributed by atoms with E-state index in [9.17, 15) is 9.18 Å². The van der Waals surface area contributed by atoms with E-state index in [1.165, 1.54) is 34.9 Å². The molecule has 2 saturated heterocycles. The van der Waals surface area contributed by atoms with E-state index in [0.29, 0.717) is 24.7 Å². The number of halogens is 1. The fraction of sp³-hybridized carbons (Fsp3) is 0.364. The van der Waals surface area contributed by atoms with Crippen LogP contribution in [0.1, 0.15) is 28.0 Å². The van der Waals surface area contributed by atoms with Crippen LogP contribution in [0.2, 0.25) is 0 Å². The first-order valence-corrected chi connectivity index (χ1v) is 10.2. The number of piperidine rings is 1. The van der Waals surface area contributed by atoms with Gasteiger partial charge < -0.3 is 9.80 Å². The van der Waals surface area contributed by atoms with Crippen LogP contribution in [0.25, 0.3) is 5.69 Å². The van der Waals surface area contributed by atoms with Crippen LogP contribution in [0.5, 0.6) is 0 Å². The second-order valence-electron chi connectivity index (χ2n) is 8.14. The third kappa shape index (κ3) is 3.22. The van der Waals surface area contributed by atoms with Crippen LogP contribution in [-0.4, -0.2) is 56.5 Å². The molecule has 1 amide bonds. The molecule has 7 nitrogen and oxygen atoms in total. The first-order chi connectivity index (χ1) is 14.5. The van der Waals surface area contributed by atoms with Gasteiger partial charge in [-0.25, -0.2) is 9.37 Å². The highest BCUT2D eigenvalue weighted by atomic mass is 19.1. The lowest BCUT2D eigenvalue weighted by Gasteiger charge is -2.54. The van der Waals surface area contributed by atoms with Crippen LogP contribution in [0.3, 0.4) is 0 Å². The van der Waals surface area contributed by atoms with Gasteiger partial charge in [-0.3, -0.25) is 4.79 Å². The zero-order valence-electron chi connectivity index (χ0n) is 17.0. The van der Waals surface area contributed by atoms with Gasteiger partial charge in [0.1, 0.15) is 11.6 Å². The molecule has 154 valence electrons. The van der Waals surface area contributed by atoms with Crippen molar-refractivity contribution in [3.05, 3.63) is 65.4 Å². The second kappa shape index (κ2) is 7.19. The Morgan fingerprint density at radius 2 is 1.90 bits per heavy atom. The summed E-state index contributed by atoms with van der Waals surface area (Å²) in [6, 6.07) is 8.53. The van der Waals surface area contributed by atoms with Gasteiger partial charge in [-0.05, 0) is 56.2 Å². The van der Waals surface area contributed by atoms with Gasteiger partial charge in [0.05, 0.1) is 29.7 Å². The van der Waals surface area contributed by atoms with Crippen LogP contribution in [0.4, 0.5) is 10.2 Å². The summed E-state index contributed by atoms with van der Waals surface area (Å²) < 4.78 is 14.0. The Hall–Kier alpha value is -3.29. The predicted molar refractivity (Wildman–Crippen MR) is 110 cm³/mol. The number of hydrogen-bond acceptors (Lipinski definition) is 5. The van der Waals surface area contributed by atoms with Gasteiger partial charge in [0.2, 0.25) is 0 Å². The molecule has 3 aromatic rings. The number of carbonyl (C=O) groups is 1. The Morgan fingerprint density at radius 3 is 2.67 bits per heavy atom. The third-order valence-electron chi connectivity index (χ3n) is 6.04. The lowest BCUT2D eigenvalue weighted by atomic mass is 9.82. The first kappa shape index (κ1) is 18.7. The zero-order chi connectivity index (χ0) is 20.8. The van der Waals surface area contributed by atoms with Crippen molar-refractivity contribution in [2.24, 2.45) is 5.92 Å². The van der Waals surface area contributed by atoms with Crippen molar-refractivity contribution in [1.82, 2.24) is 24.9 Å². The van der Waals surface area contributed by atoms with E-state index in [4.69, 9.17) is 0 Å². The van der Waals surface area contributed by atoms with Gasteiger partial charge in [0.15, 0.2) is 0 Å². The van der Waals surface area contributed by atoms with Gasteiger partial charge in [-0.15, -0.1) is 0 Å². The van der Waals surface area contributed by atoms with E-state index in [1.807, 2.05) is 11.8 Å². The Balaban J connectivity index is 1.40. The maximum absolute atomic E-state index is 14.0. The molecule has 0 spiro atoms. The van der Waals surface area contributed by atoms with Crippen molar-refractivity contribution in [1.29, 1.82) is 0 Å². The molecule has 0 saturated carbocycles. The Bertz CT molecular complexity index is 1080. The molecule has 8 heteroatoms. The number of hydrogen-bond donors (Lipinski definition) is 0. The molecule has 0 N–H and O–H groups in total. The second-order valence-corrected chi connectivity index (χ2v) is 8.14. The van der Waals surface area contributed by atoms with Gasteiger partial charge in [0.25, 0.3) is 5.91 Å². The van der Waals surface area contributed by atoms with Crippen LogP contribution in [-0.2, 0) is 0 Å². The number of anilines is 1. The highest BCUT2D eigenvalue weighted by molar-refractivity contribution is 5.98. The van der Waals surface area contributed by atoms with E-state index >= 15 is 0 Å². The summed E-state index contributed by atoms with van der Waals surface area (Å²) in [5.41, 5.74) is 2.93. The summed E-state index contributed by atoms with van der Waals surface area (Å²) in [5, 5.41) is 8.21. The minimum Gasteiger partial charge on any atom is -0.351 e.